The second-order valence-corrected chi connectivity index (χ2v) is 5.28. The van der Waals surface area contributed by atoms with E-state index >= 15 is 0 Å². The van der Waals surface area contributed by atoms with Crippen molar-refractivity contribution < 1.29 is 47.6 Å². The Morgan fingerprint density at radius 3 is 2.00 bits per heavy atom. The normalized spacial score (nSPS) is 15.5. The van der Waals surface area contributed by atoms with Crippen LogP contribution in [0.2, 0.25) is 0 Å². The maximum absolute atomic E-state index is 10.8. The van der Waals surface area contributed by atoms with Crippen LogP contribution in [0.1, 0.15) is 52.4 Å². The maximum Gasteiger partial charge on any atom is 1.00 e. The number of unbranched alkanes of at least 4 members (excludes halogenated alkanes) is 2. The molecule has 0 bridgehead atoms. The van der Waals surface area contributed by atoms with Crippen LogP contribution in [0.5, 0.6) is 0 Å². The minimum atomic E-state index is -4.60. The van der Waals surface area contributed by atoms with E-state index in [2.05, 4.69) is 0 Å². The van der Waals surface area contributed by atoms with Crippen molar-refractivity contribution in [2.75, 3.05) is 0 Å². The molecule has 0 radical (unpaired) electrons. The van der Waals surface area contributed by atoms with Crippen LogP contribution in [-0.4, -0.2) is 23.0 Å². The zero-order valence-electron chi connectivity index (χ0n) is 9.82. The van der Waals surface area contributed by atoms with E-state index in [1.165, 1.54) is 0 Å². The van der Waals surface area contributed by atoms with Gasteiger partial charge in [-0.05, 0) is 19.3 Å². The summed E-state index contributed by atoms with van der Waals surface area (Å²) in [6.45, 7) is 3.72. The van der Waals surface area contributed by atoms with E-state index < -0.39 is 15.1 Å². The number of rotatable bonds is 7. The second-order valence-electron chi connectivity index (χ2n) is 3.61. The summed E-state index contributed by atoms with van der Waals surface area (Å²) in [7, 11) is -4.60. The molecule has 0 saturated heterocycles. The van der Waals surface area contributed by atoms with Gasteiger partial charge < -0.3 is 9.66 Å². The van der Waals surface area contributed by atoms with Crippen LogP contribution in [0, 0.1) is 0 Å². The molecule has 4 nitrogen and oxygen atoms in total. The molecule has 1 atom stereocenters. The van der Waals surface area contributed by atoms with E-state index in [1.807, 2.05) is 6.92 Å². The minimum Gasteiger partial charge on any atom is -0.746 e. The molecule has 0 fully saturated rings. The van der Waals surface area contributed by atoms with Crippen molar-refractivity contribution >= 4 is 10.1 Å². The molecular formula is C9H19NaO4S. The zero-order valence-corrected chi connectivity index (χ0v) is 12.6. The van der Waals surface area contributed by atoms with Crippen LogP contribution in [0.15, 0.2) is 0 Å². The summed E-state index contributed by atoms with van der Waals surface area (Å²) in [5, 5.41) is 9.67. The summed E-state index contributed by atoms with van der Waals surface area (Å²) in [6.07, 6.45) is 2.92. The van der Waals surface area contributed by atoms with Gasteiger partial charge in [0.1, 0.15) is 10.1 Å². The molecular weight excluding hydrogens is 227 g/mol. The maximum atomic E-state index is 10.8. The summed E-state index contributed by atoms with van der Waals surface area (Å²) in [6, 6.07) is 0. The fourth-order valence-electron chi connectivity index (χ4n) is 1.42. The molecule has 0 saturated carbocycles. The predicted molar refractivity (Wildman–Crippen MR) is 53.7 cm³/mol. The van der Waals surface area contributed by atoms with Crippen LogP contribution >= 0.6 is 0 Å². The third-order valence-corrected chi connectivity index (χ3v) is 3.62. The van der Waals surface area contributed by atoms with Crippen molar-refractivity contribution in [2.45, 2.75) is 57.3 Å². The van der Waals surface area contributed by atoms with Gasteiger partial charge in [-0.15, -0.1) is 0 Å². The molecule has 0 spiro atoms. The van der Waals surface area contributed by atoms with E-state index in [9.17, 15) is 18.1 Å². The van der Waals surface area contributed by atoms with Gasteiger partial charge in [-0.1, -0.05) is 33.1 Å². The average Bonchev–Trinajstić information content (AvgIpc) is 2.03. The summed E-state index contributed by atoms with van der Waals surface area (Å²) < 4.78 is 32.5. The Balaban J connectivity index is 0. The average molecular weight is 246 g/mol. The van der Waals surface area contributed by atoms with Gasteiger partial charge in [0.05, 0.1) is 0 Å². The second kappa shape index (κ2) is 8.03. The van der Waals surface area contributed by atoms with Gasteiger partial charge in [-0.3, -0.25) is 0 Å². The van der Waals surface area contributed by atoms with E-state index in [1.54, 1.807) is 6.92 Å². The van der Waals surface area contributed by atoms with E-state index in [0.29, 0.717) is 12.8 Å². The molecule has 0 aromatic carbocycles. The monoisotopic (exact) mass is 246 g/mol. The molecule has 0 aromatic rings. The van der Waals surface area contributed by atoms with Crippen LogP contribution in [0.3, 0.4) is 0 Å². The van der Waals surface area contributed by atoms with Crippen molar-refractivity contribution in [3.63, 3.8) is 0 Å². The first-order valence-corrected chi connectivity index (χ1v) is 6.46. The van der Waals surface area contributed by atoms with Crippen molar-refractivity contribution in [2.24, 2.45) is 0 Å². The Labute approximate surface area is 114 Å². The molecule has 0 rings (SSSR count). The van der Waals surface area contributed by atoms with E-state index in [0.717, 1.165) is 12.8 Å². The van der Waals surface area contributed by atoms with Gasteiger partial charge in [-0.25, -0.2) is 8.42 Å². The SMILES string of the molecule is CCCCCC(O)(CCC)S(=O)(=O)[O-].[Na+]. The number of hydrogen-bond acceptors (Lipinski definition) is 4. The third kappa shape index (κ3) is 6.24. The van der Waals surface area contributed by atoms with Gasteiger partial charge in [0.15, 0.2) is 4.93 Å². The van der Waals surface area contributed by atoms with Crippen molar-refractivity contribution in [1.29, 1.82) is 0 Å². The van der Waals surface area contributed by atoms with E-state index in [-0.39, 0.29) is 42.4 Å². The molecule has 0 heterocycles. The summed E-state index contributed by atoms with van der Waals surface area (Å²) in [5.74, 6) is 0. The molecule has 0 aliphatic rings. The molecule has 1 unspecified atom stereocenters. The summed E-state index contributed by atoms with van der Waals surface area (Å²) in [4.78, 5) is -2.04. The molecule has 0 aliphatic carbocycles. The largest absolute Gasteiger partial charge is 1.00 e. The molecule has 1 N–H and O–H groups in total. The van der Waals surface area contributed by atoms with Crippen LogP contribution in [-0.2, 0) is 10.1 Å². The predicted octanol–water partition coefficient (Wildman–Crippen LogP) is -1.40. The van der Waals surface area contributed by atoms with Gasteiger partial charge in [-0.2, -0.15) is 0 Å². The van der Waals surface area contributed by atoms with Crippen molar-refractivity contribution in [3.05, 3.63) is 0 Å². The van der Waals surface area contributed by atoms with Gasteiger partial charge in [0, 0.05) is 0 Å². The molecule has 86 valence electrons. The summed E-state index contributed by atoms with van der Waals surface area (Å²) >= 11 is 0. The first-order valence-electron chi connectivity index (χ1n) is 5.05. The van der Waals surface area contributed by atoms with Crippen molar-refractivity contribution in [1.82, 2.24) is 0 Å². The third-order valence-electron chi connectivity index (χ3n) is 2.28. The fourth-order valence-corrected chi connectivity index (χ4v) is 2.27. The van der Waals surface area contributed by atoms with Crippen LogP contribution < -0.4 is 29.6 Å². The quantitative estimate of drug-likeness (QED) is 0.341. The van der Waals surface area contributed by atoms with E-state index in [4.69, 9.17) is 0 Å². The topological polar surface area (TPSA) is 77.4 Å². The smallest absolute Gasteiger partial charge is 0.746 e. The van der Waals surface area contributed by atoms with Crippen LogP contribution in [0.25, 0.3) is 0 Å². The fraction of sp³-hybridized carbons (Fsp3) is 1.00. The minimum absolute atomic E-state index is 0. The Morgan fingerprint density at radius 2 is 1.67 bits per heavy atom. The Hall–Kier alpha value is 0.870. The van der Waals surface area contributed by atoms with Gasteiger partial charge in [0.25, 0.3) is 0 Å². The van der Waals surface area contributed by atoms with Gasteiger partial charge >= 0.3 is 29.6 Å². The molecule has 0 aliphatic heterocycles. The van der Waals surface area contributed by atoms with Crippen molar-refractivity contribution in [3.8, 4) is 0 Å². The standard InChI is InChI=1S/C9H20O4S.Na/c1-3-5-6-8-9(10,7-4-2)14(11,12)13;/h10H,3-8H2,1-2H3,(H,11,12,13);/q;+1/p-1. The molecule has 0 amide bonds. The van der Waals surface area contributed by atoms with Gasteiger partial charge in [0.2, 0.25) is 0 Å². The number of aliphatic hydroxyl groups is 1. The Bertz CT molecular complexity index is 253. The number of hydrogen-bond donors (Lipinski definition) is 1. The summed E-state index contributed by atoms with van der Waals surface area (Å²) in [5.41, 5.74) is 0. The Morgan fingerprint density at radius 1 is 1.13 bits per heavy atom. The first kappa shape index (κ1) is 18.2. The molecule has 15 heavy (non-hydrogen) atoms. The molecule has 6 heteroatoms. The first-order chi connectivity index (χ1) is 6.37. The Kier molecular flexibility index (Phi) is 9.77. The van der Waals surface area contributed by atoms with Crippen LogP contribution in [0.4, 0.5) is 0 Å². The zero-order chi connectivity index (χ0) is 11.2. The molecule has 0 aromatic heterocycles.